The van der Waals surface area contributed by atoms with Crippen LogP contribution in [0.5, 0.6) is 5.75 Å². The van der Waals surface area contributed by atoms with Crippen molar-refractivity contribution in [2.24, 2.45) is 5.92 Å². The topological polar surface area (TPSA) is 47.3 Å². The fraction of sp³-hybridized carbons (Fsp3) is 0.294. The van der Waals surface area contributed by atoms with Crippen molar-refractivity contribution >= 4 is 11.4 Å². The standard InChI is InChI=1S/C17H22N2O/c1-13(2)12-20-17-5-3-4-16(10-17)19-11-14-6-8-15(18)9-7-14/h3-10,13,19H,11-12,18H2,1-2H3. The molecule has 2 rings (SSSR count). The Balaban J connectivity index is 1.92. The van der Waals surface area contributed by atoms with Crippen molar-refractivity contribution in [3.8, 4) is 5.75 Å². The van der Waals surface area contributed by atoms with Crippen LogP contribution in [0.4, 0.5) is 11.4 Å². The molecule has 106 valence electrons. The van der Waals surface area contributed by atoms with Gasteiger partial charge in [0.1, 0.15) is 5.75 Å². The molecule has 0 aliphatic heterocycles. The first-order valence-corrected chi connectivity index (χ1v) is 6.94. The third-order valence-electron chi connectivity index (χ3n) is 2.89. The van der Waals surface area contributed by atoms with E-state index < -0.39 is 0 Å². The third-order valence-corrected chi connectivity index (χ3v) is 2.89. The molecule has 0 amide bonds. The molecule has 2 aromatic rings. The molecule has 0 saturated heterocycles. The Labute approximate surface area is 120 Å². The van der Waals surface area contributed by atoms with E-state index in [1.54, 1.807) is 0 Å². The van der Waals surface area contributed by atoms with Gasteiger partial charge in [-0.05, 0) is 35.7 Å². The molecule has 0 aliphatic rings. The van der Waals surface area contributed by atoms with Crippen LogP contribution in [0, 0.1) is 5.92 Å². The van der Waals surface area contributed by atoms with Gasteiger partial charge in [0.2, 0.25) is 0 Å². The summed E-state index contributed by atoms with van der Waals surface area (Å²) in [7, 11) is 0. The summed E-state index contributed by atoms with van der Waals surface area (Å²) in [5.74, 6) is 1.43. The molecule has 0 heterocycles. The third kappa shape index (κ3) is 4.50. The lowest BCUT2D eigenvalue weighted by atomic mass is 10.2. The lowest BCUT2D eigenvalue weighted by molar-refractivity contribution is 0.271. The average molecular weight is 270 g/mol. The van der Waals surface area contributed by atoms with Crippen LogP contribution < -0.4 is 15.8 Å². The van der Waals surface area contributed by atoms with E-state index in [2.05, 4.69) is 19.2 Å². The highest BCUT2D eigenvalue weighted by atomic mass is 16.5. The molecule has 0 unspecified atom stereocenters. The molecule has 0 spiro atoms. The van der Waals surface area contributed by atoms with Crippen molar-refractivity contribution in [3.05, 3.63) is 54.1 Å². The zero-order valence-electron chi connectivity index (χ0n) is 12.1. The van der Waals surface area contributed by atoms with Crippen molar-refractivity contribution in [2.45, 2.75) is 20.4 Å². The molecule has 3 heteroatoms. The summed E-state index contributed by atoms with van der Waals surface area (Å²) >= 11 is 0. The molecular weight excluding hydrogens is 248 g/mol. The second-order valence-corrected chi connectivity index (χ2v) is 5.33. The van der Waals surface area contributed by atoms with E-state index in [-0.39, 0.29) is 0 Å². The van der Waals surface area contributed by atoms with Gasteiger partial charge in [-0.25, -0.2) is 0 Å². The largest absolute Gasteiger partial charge is 0.493 e. The Bertz CT molecular complexity index is 535. The smallest absolute Gasteiger partial charge is 0.121 e. The summed E-state index contributed by atoms with van der Waals surface area (Å²) < 4.78 is 5.72. The number of ether oxygens (including phenoxy) is 1. The first-order chi connectivity index (χ1) is 9.63. The van der Waals surface area contributed by atoms with Crippen molar-refractivity contribution < 1.29 is 4.74 Å². The number of rotatable bonds is 6. The highest BCUT2D eigenvalue weighted by molar-refractivity contribution is 5.49. The minimum absolute atomic E-state index is 0.529. The molecule has 0 radical (unpaired) electrons. The van der Waals surface area contributed by atoms with E-state index in [1.807, 2.05) is 48.5 Å². The second-order valence-electron chi connectivity index (χ2n) is 5.33. The van der Waals surface area contributed by atoms with Crippen LogP contribution in [0.3, 0.4) is 0 Å². The summed E-state index contributed by atoms with van der Waals surface area (Å²) in [4.78, 5) is 0. The number of anilines is 2. The maximum Gasteiger partial charge on any atom is 0.121 e. The SMILES string of the molecule is CC(C)COc1cccc(NCc2ccc(N)cc2)c1. The van der Waals surface area contributed by atoms with E-state index in [1.165, 1.54) is 5.56 Å². The van der Waals surface area contributed by atoms with Crippen molar-refractivity contribution in [1.82, 2.24) is 0 Å². The van der Waals surface area contributed by atoms with Gasteiger partial charge in [-0.3, -0.25) is 0 Å². The maximum absolute atomic E-state index is 5.72. The molecule has 0 atom stereocenters. The van der Waals surface area contributed by atoms with Crippen LogP contribution in [0.15, 0.2) is 48.5 Å². The number of hydrogen-bond donors (Lipinski definition) is 2. The predicted octanol–water partition coefficient (Wildman–Crippen LogP) is 3.92. The van der Waals surface area contributed by atoms with Gasteiger partial charge in [-0.15, -0.1) is 0 Å². The highest BCUT2D eigenvalue weighted by Gasteiger charge is 1.99. The number of nitrogen functional groups attached to an aromatic ring is 1. The van der Waals surface area contributed by atoms with Crippen LogP contribution >= 0.6 is 0 Å². The number of hydrogen-bond acceptors (Lipinski definition) is 3. The van der Waals surface area contributed by atoms with Gasteiger partial charge >= 0.3 is 0 Å². The Kier molecular flexibility index (Phi) is 4.88. The second kappa shape index (κ2) is 6.85. The lowest BCUT2D eigenvalue weighted by Gasteiger charge is -2.11. The van der Waals surface area contributed by atoms with E-state index in [9.17, 15) is 0 Å². The van der Waals surface area contributed by atoms with Gasteiger partial charge in [0.25, 0.3) is 0 Å². The summed E-state index contributed by atoms with van der Waals surface area (Å²) in [6, 6.07) is 15.9. The molecule has 3 nitrogen and oxygen atoms in total. The van der Waals surface area contributed by atoms with Crippen molar-refractivity contribution in [1.29, 1.82) is 0 Å². The van der Waals surface area contributed by atoms with E-state index in [0.717, 1.165) is 30.3 Å². The van der Waals surface area contributed by atoms with Crippen molar-refractivity contribution in [2.75, 3.05) is 17.7 Å². The fourth-order valence-corrected chi connectivity index (χ4v) is 1.80. The molecule has 0 saturated carbocycles. The zero-order valence-corrected chi connectivity index (χ0v) is 12.1. The van der Waals surface area contributed by atoms with Gasteiger partial charge in [-0.2, -0.15) is 0 Å². The normalized spacial score (nSPS) is 10.6. The van der Waals surface area contributed by atoms with E-state index in [4.69, 9.17) is 10.5 Å². The van der Waals surface area contributed by atoms with Crippen LogP contribution in [0.25, 0.3) is 0 Å². The van der Waals surface area contributed by atoms with Crippen LogP contribution in [0.1, 0.15) is 19.4 Å². The fourth-order valence-electron chi connectivity index (χ4n) is 1.80. The molecule has 2 aromatic carbocycles. The summed E-state index contributed by atoms with van der Waals surface area (Å²) in [5, 5.41) is 3.39. The predicted molar refractivity (Wildman–Crippen MR) is 85.0 cm³/mol. The highest BCUT2D eigenvalue weighted by Crippen LogP contribution is 2.19. The summed E-state index contributed by atoms with van der Waals surface area (Å²) in [6.45, 7) is 5.79. The number of nitrogens with one attached hydrogen (secondary N) is 1. The Morgan fingerprint density at radius 1 is 1.10 bits per heavy atom. The van der Waals surface area contributed by atoms with Crippen LogP contribution in [-0.4, -0.2) is 6.61 Å². The van der Waals surface area contributed by atoms with Gasteiger partial charge in [-0.1, -0.05) is 32.0 Å². The number of benzene rings is 2. The Morgan fingerprint density at radius 3 is 2.55 bits per heavy atom. The maximum atomic E-state index is 5.72. The first kappa shape index (κ1) is 14.3. The van der Waals surface area contributed by atoms with Gasteiger partial charge < -0.3 is 15.8 Å². The Hall–Kier alpha value is -2.16. The molecule has 0 aliphatic carbocycles. The Morgan fingerprint density at radius 2 is 1.85 bits per heavy atom. The van der Waals surface area contributed by atoms with Gasteiger partial charge in [0.05, 0.1) is 6.61 Å². The lowest BCUT2D eigenvalue weighted by Crippen LogP contribution is -2.05. The van der Waals surface area contributed by atoms with Crippen LogP contribution in [0.2, 0.25) is 0 Å². The molecular formula is C17H22N2O. The molecule has 20 heavy (non-hydrogen) atoms. The molecule has 0 bridgehead atoms. The monoisotopic (exact) mass is 270 g/mol. The molecule has 3 N–H and O–H groups in total. The molecule has 0 aromatic heterocycles. The molecule has 0 fully saturated rings. The minimum atomic E-state index is 0.529. The zero-order chi connectivity index (χ0) is 14.4. The summed E-state index contributed by atoms with van der Waals surface area (Å²) in [5.41, 5.74) is 8.72. The van der Waals surface area contributed by atoms with Gasteiger partial charge in [0, 0.05) is 24.0 Å². The summed E-state index contributed by atoms with van der Waals surface area (Å²) in [6.07, 6.45) is 0. The van der Waals surface area contributed by atoms with Crippen LogP contribution in [-0.2, 0) is 6.54 Å². The number of nitrogens with two attached hydrogens (primary N) is 1. The van der Waals surface area contributed by atoms with E-state index in [0.29, 0.717) is 5.92 Å². The first-order valence-electron chi connectivity index (χ1n) is 6.94. The van der Waals surface area contributed by atoms with Crippen molar-refractivity contribution in [3.63, 3.8) is 0 Å². The quantitative estimate of drug-likeness (QED) is 0.782. The minimum Gasteiger partial charge on any atom is -0.493 e. The average Bonchev–Trinajstić information content (AvgIpc) is 2.45. The van der Waals surface area contributed by atoms with E-state index >= 15 is 0 Å². The van der Waals surface area contributed by atoms with Gasteiger partial charge in [0.15, 0.2) is 0 Å².